The number of aryl methyl sites for hydroxylation is 2. The first-order valence-corrected chi connectivity index (χ1v) is 4.90. The summed E-state index contributed by atoms with van der Waals surface area (Å²) in [6.45, 7) is 1.97. The van der Waals surface area contributed by atoms with Crippen LogP contribution in [0.2, 0.25) is 5.15 Å². The summed E-state index contributed by atoms with van der Waals surface area (Å²) in [6.07, 6.45) is 2.44. The van der Waals surface area contributed by atoms with Crippen molar-refractivity contribution in [3.63, 3.8) is 0 Å². The molecule has 0 amide bonds. The van der Waals surface area contributed by atoms with E-state index in [-0.39, 0.29) is 6.10 Å². The molecule has 0 radical (unpaired) electrons. The molecule has 1 aliphatic carbocycles. The van der Waals surface area contributed by atoms with Crippen molar-refractivity contribution in [3.8, 4) is 0 Å². The van der Waals surface area contributed by atoms with Gasteiger partial charge in [0, 0.05) is 11.3 Å². The van der Waals surface area contributed by atoms with Gasteiger partial charge in [-0.15, -0.1) is 0 Å². The van der Waals surface area contributed by atoms with Crippen LogP contribution in [-0.2, 0) is 6.42 Å². The molecule has 1 aromatic heterocycles. The van der Waals surface area contributed by atoms with E-state index in [0.29, 0.717) is 5.15 Å². The summed E-state index contributed by atoms with van der Waals surface area (Å²) in [5, 5.41) is 10.3. The van der Waals surface area contributed by atoms with Crippen LogP contribution in [0.5, 0.6) is 0 Å². The van der Waals surface area contributed by atoms with E-state index in [9.17, 15) is 5.11 Å². The third-order valence-electron chi connectivity index (χ3n) is 2.54. The number of pyridine rings is 1. The molecule has 1 N–H and O–H groups in total. The van der Waals surface area contributed by atoms with E-state index in [0.717, 1.165) is 36.1 Å². The van der Waals surface area contributed by atoms with Crippen molar-refractivity contribution < 1.29 is 5.11 Å². The molecule has 0 aliphatic heterocycles. The third-order valence-corrected chi connectivity index (χ3v) is 2.73. The molecule has 0 saturated heterocycles. The fraction of sp³-hybridized carbons (Fsp3) is 0.500. The summed E-state index contributed by atoms with van der Waals surface area (Å²) in [5.74, 6) is 0. The average molecular weight is 198 g/mol. The number of hydrogen-bond donors (Lipinski definition) is 1. The zero-order chi connectivity index (χ0) is 9.42. The highest BCUT2D eigenvalue weighted by molar-refractivity contribution is 6.29. The molecule has 0 saturated carbocycles. The van der Waals surface area contributed by atoms with Gasteiger partial charge in [-0.05, 0) is 37.8 Å². The van der Waals surface area contributed by atoms with Crippen LogP contribution in [0.4, 0.5) is 0 Å². The van der Waals surface area contributed by atoms with E-state index >= 15 is 0 Å². The Balaban J connectivity index is 2.56. The Morgan fingerprint density at radius 2 is 2.38 bits per heavy atom. The number of hydrogen-bond acceptors (Lipinski definition) is 2. The zero-order valence-corrected chi connectivity index (χ0v) is 8.30. The van der Waals surface area contributed by atoms with Gasteiger partial charge in [-0.1, -0.05) is 11.6 Å². The molecular weight excluding hydrogens is 186 g/mol. The van der Waals surface area contributed by atoms with Crippen LogP contribution in [0.1, 0.15) is 35.8 Å². The normalized spacial score (nSPS) is 21.3. The molecule has 0 bridgehead atoms. The van der Waals surface area contributed by atoms with Gasteiger partial charge in [0.25, 0.3) is 0 Å². The minimum Gasteiger partial charge on any atom is -0.388 e. The highest BCUT2D eigenvalue weighted by Gasteiger charge is 2.21. The molecule has 1 heterocycles. The maximum absolute atomic E-state index is 9.75. The quantitative estimate of drug-likeness (QED) is 0.648. The fourth-order valence-corrected chi connectivity index (χ4v) is 2.22. The molecule has 0 aromatic carbocycles. The first-order chi connectivity index (χ1) is 6.18. The Labute approximate surface area is 82.6 Å². The Morgan fingerprint density at radius 3 is 3.15 bits per heavy atom. The minimum atomic E-state index is -0.339. The number of nitrogens with zero attached hydrogens (tertiary/aromatic N) is 1. The SMILES string of the molecule is Cc1cc(Cl)nc2c1C(O)CCC2. The van der Waals surface area contributed by atoms with Gasteiger partial charge in [0.15, 0.2) is 0 Å². The van der Waals surface area contributed by atoms with E-state index < -0.39 is 0 Å². The second-order valence-electron chi connectivity index (χ2n) is 3.53. The summed E-state index contributed by atoms with van der Waals surface area (Å²) in [7, 11) is 0. The number of aliphatic hydroxyl groups excluding tert-OH is 1. The van der Waals surface area contributed by atoms with Crippen LogP contribution in [-0.4, -0.2) is 10.1 Å². The summed E-state index contributed by atoms with van der Waals surface area (Å²) >= 11 is 5.84. The van der Waals surface area contributed by atoms with Crippen LogP contribution in [0.3, 0.4) is 0 Å². The number of halogens is 1. The van der Waals surface area contributed by atoms with Gasteiger partial charge >= 0.3 is 0 Å². The van der Waals surface area contributed by atoms with Gasteiger partial charge < -0.3 is 5.11 Å². The van der Waals surface area contributed by atoms with Crippen molar-refractivity contribution in [2.75, 3.05) is 0 Å². The second kappa shape index (κ2) is 3.28. The number of rotatable bonds is 0. The predicted molar refractivity (Wildman–Crippen MR) is 51.9 cm³/mol. The van der Waals surface area contributed by atoms with Gasteiger partial charge in [-0.2, -0.15) is 0 Å². The minimum absolute atomic E-state index is 0.339. The Kier molecular flexibility index (Phi) is 2.26. The molecule has 2 rings (SSSR count). The lowest BCUT2D eigenvalue weighted by atomic mass is 9.90. The molecule has 3 heteroatoms. The average Bonchev–Trinajstić information content (AvgIpc) is 2.02. The van der Waals surface area contributed by atoms with Gasteiger partial charge in [-0.3, -0.25) is 0 Å². The maximum Gasteiger partial charge on any atom is 0.129 e. The van der Waals surface area contributed by atoms with Gasteiger partial charge in [0.2, 0.25) is 0 Å². The van der Waals surface area contributed by atoms with Crippen molar-refractivity contribution in [2.24, 2.45) is 0 Å². The Morgan fingerprint density at radius 1 is 1.62 bits per heavy atom. The number of aliphatic hydroxyl groups is 1. The van der Waals surface area contributed by atoms with Crippen LogP contribution in [0.15, 0.2) is 6.07 Å². The molecule has 1 aliphatic rings. The largest absolute Gasteiger partial charge is 0.388 e. The molecular formula is C10H12ClNO. The molecule has 0 spiro atoms. The first-order valence-electron chi connectivity index (χ1n) is 4.52. The summed E-state index contributed by atoms with van der Waals surface area (Å²) in [4.78, 5) is 4.23. The lowest BCUT2D eigenvalue weighted by molar-refractivity contribution is 0.155. The van der Waals surface area contributed by atoms with Crippen LogP contribution >= 0.6 is 11.6 Å². The maximum atomic E-state index is 9.75. The third kappa shape index (κ3) is 1.56. The van der Waals surface area contributed by atoms with Crippen molar-refractivity contribution >= 4 is 11.6 Å². The highest BCUT2D eigenvalue weighted by Crippen LogP contribution is 2.31. The summed E-state index contributed by atoms with van der Waals surface area (Å²) < 4.78 is 0. The fourth-order valence-electron chi connectivity index (χ4n) is 1.96. The van der Waals surface area contributed by atoms with Crippen molar-refractivity contribution in [2.45, 2.75) is 32.3 Å². The van der Waals surface area contributed by atoms with Crippen LogP contribution in [0, 0.1) is 6.92 Å². The lowest BCUT2D eigenvalue weighted by Crippen LogP contribution is -2.12. The standard InChI is InChI=1S/C10H12ClNO/c1-6-5-9(11)12-7-3-2-4-8(13)10(6)7/h5,8,13H,2-4H2,1H3. The van der Waals surface area contributed by atoms with E-state index in [4.69, 9.17) is 11.6 Å². The Bertz CT molecular complexity index is 338. The monoisotopic (exact) mass is 197 g/mol. The number of aromatic nitrogens is 1. The molecule has 1 atom stereocenters. The first kappa shape index (κ1) is 8.97. The lowest BCUT2D eigenvalue weighted by Gasteiger charge is -2.22. The molecule has 13 heavy (non-hydrogen) atoms. The van der Waals surface area contributed by atoms with E-state index in [2.05, 4.69) is 4.98 Å². The highest BCUT2D eigenvalue weighted by atomic mass is 35.5. The van der Waals surface area contributed by atoms with Crippen molar-refractivity contribution in [3.05, 3.63) is 28.0 Å². The van der Waals surface area contributed by atoms with E-state index in [1.807, 2.05) is 13.0 Å². The van der Waals surface area contributed by atoms with Crippen LogP contribution < -0.4 is 0 Å². The smallest absolute Gasteiger partial charge is 0.129 e. The van der Waals surface area contributed by atoms with Crippen molar-refractivity contribution in [1.82, 2.24) is 4.98 Å². The van der Waals surface area contributed by atoms with E-state index in [1.165, 1.54) is 0 Å². The zero-order valence-electron chi connectivity index (χ0n) is 7.55. The second-order valence-corrected chi connectivity index (χ2v) is 3.92. The van der Waals surface area contributed by atoms with Gasteiger partial charge in [0.05, 0.1) is 6.10 Å². The molecule has 0 fully saturated rings. The van der Waals surface area contributed by atoms with Gasteiger partial charge in [0.1, 0.15) is 5.15 Å². The number of fused-ring (bicyclic) bond motifs is 1. The Hall–Kier alpha value is -0.600. The molecule has 70 valence electrons. The summed E-state index contributed by atoms with van der Waals surface area (Å²) in [6, 6.07) is 1.81. The summed E-state index contributed by atoms with van der Waals surface area (Å²) in [5.41, 5.74) is 3.03. The van der Waals surface area contributed by atoms with Gasteiger partial charge in [-0.25, -0.2) is 4.98 Å². The van der Waals surface area contributed by atoms with Crippen molar-refractivity contribution in [1.29, 1.82) is 0 Å². The predicted octanol–water partition coefficient (Wildman–Crippen LogP) is 2.41. The molecule has 1 aromatic rings. The van der Waals surface area contributed by atoms with E-state index in [1.54, 1.807) is 0 Å². The molecule has 2 nitrogen and oxygen atoms in total. The topological polar surface area (TPSA) is 33.1 Å². The van der Waals surface area contributed by atoms with Crippen LogP contribution in [0.25, 0.3) is 0 Å². The molecule has 1 unspecified atom stereocenters.